The predicted octanol–water partition coefficient (Wildman–Crippen LogP) is 4.10. The molecule has 0 saturated heterocycles. The highest BCUT2D eigenvalue weighted by Crippen LogP contribution is 2.17. The number of methoxy groups -OCH3 is 1. The summed E-state index contributed by atoms with van der Waals surface area (Å²) in [6, 6.07) is 10.6. The minimum atomic E-state index is 0.677. The van der Waals surface area contributed by atoms with Crippen LogP contribution in [0.15, 0.2) is 30.3 Å². The summed E-state index contributed by atoms with van der Waals surface area (Å²) in [4.78, 5) is 0. The average molecular weight is 314 g/mol. The number of nitrogens with zero attached hydrogens (tertiary/aromatic N) is 1. The highest BCUT2D eigenvalue weighted by atomic mass is 16.5. The van der Waals surface area contributed by atoms with Gasteiger partial charge in [-0.2, -0.15) is 0 Å². The third-order valence-electron chi connectivity index (χ3n) is 4.29. The van der Waals surface area contributed by atoms with Gasteiger partial charge in [0.15, 0.2) is 0 Å². The molecule has 0 aliphatic rings. The van der Waals surface area contributed by atoms with Gasteiger partial charge in [0.2, 0.25) is 0 Å². The van der Waals surface area contributed by atoms with Gasteiger partial charge in [-0.15, -0.1) is 0 Å². The fourth-order valence-electron chi connectivity index (χ4n) is 2.95. The van der Waals surface area contributed by atoms with Crippen molar-refractivity contribution in [1.29, 1.82) is 0 Å². The van der Waals surface area contributed by atoms with Crippen LogP contribution in [0.25, 0.3) is 0 Å². The Hall–Kier alpha value is -1.74. The Kier molecular flexibility index (Phi) is 6.28. The van der Waals surface area contributed by atoms with Crippen LogP contribution in [0.5, 0.6) is 5.75 Å². The summed E-state index contributed by atoms with van der Waals surface area (Å²) < 4.78 is 7.62. The molecule has 1 N–H and O–H groups in total. The first-order chi connectivity index (χ1) is 11.0. The van der Waals surface area contributed by atoms with Crippen molar-refractivity contribution in [2.45, 2.75) is 47.2 Å². The molecule has 0 amide bonds. The van der Waals surface area contributed by atoms with Gasteiger partial charge in [-0.3, -0.25) is 0 Å². The third kappa shape index (κ3) is 4.87. The Labute approximate surface area is 140 Å². The summed E-state index contributed by atoms with van der Waals surface area (Å²) in [5.74, 6) is 1.59. The van der Waals surface area contributed by atoms with Crippen LogP contribution in [-0.2, 0) is 19.5 Å². The van der Waals surface area contributed by atoms with Gasteiger partial charge in [-0.1, -0.05) is 26.0 Å². The van der Waals surface area contributed by atoms with Crippen molar-refractivity contribution < 1.29 is 4.74 Å². The van der Waals surface area contributed by atoms with Crippen molar-refractivity contribution in [3.63, 3.8) is 0 Å². The second-order valence-electron chi connectivity index (χ2n) is 6.68. The molecule has 0 fully saturated rings. The van der Waals surface area contributed by atoms with Crippen LogP contribution in [0.2, 0.25) is 0 Å². The summed E-state index contributed by atoms with van der Waals surface area (Å²) in [7, 11) is 1.70. The van der Waals surface area contributed by atoms with E-state index < -0.39 is 0 Å². The Morgan fingerprint density at radius 2 is 1.83 bits per heavy atom. The van der Waals surface area contributed by atoms with Gasteiger partial charge in [-0.05, 0) is 62.1 Å². The van der Waals surface area contributed by atoms with Crippen LogP contribution < -0.4 is 10.1 Å². The highest BCUT2D eigenvalue weighted by Gasteiger charge is 2.09. The molecule has 1 aromatic heterocycles. The summed E-state index contributed by atoms with van der Waals surface area (Å²) in [5, 5.41) is 3.57. The zero-order valence-corrected chi connectivity index (χ0v) is 15.1. The molecule has 23 heavy (non-hydrogen) atoms. The minimum absolute atomic E-state index is 0.677. The van der Waals surface area contributed by atoms with E-state index in [1.165, 1.54) is 22.5 Å². The number of hydrogen-bond donors (Lipinski definition) is 1. The number of nitrogens with one attached hydrogen (secondary N) is 1. The molecule has 1 heterocycles. The molecular formula is C20H30N2O. The van der Waals surface area contributed by atoms with Crippen molar-refractivity contribution in [3.8, 4) is 5.75 Å². The molecule has 0 aliphatic heterocycles. The van der Waals surface area contributed by atoms with Gasteiger partial charge in [0, 0.05) is 24.5 Å². The Balaban J connectivity index is 1.84. The Morgan fingerprint density at radius 1 is 1.13 bits per heavy atom. The minimum Gasteiger partial charge on any atom is -0.497 e. The molecule has 0 spiro atoms. The average Bonchev–Trinajstić information content (AvgIpc) is 2.79. The molecule has 3 nitrogen and oxygen atoms in total. The van der Waals surface area contributed by atoms with Crippen molar-refractivity contribution in [1.82, 2.24) is 9.88 Å². The van der Waals surface area contributed by atoms with E-state index in [1.807, 2.05) is 12.1 Å². The predicted molar refractivity (Wildman–Crippen MR) is 97.1 cm³/mol. The van der Waals surface area contributed by atoms with Crippen molar-refractivity contribution in [2.24, 2.45) is 5.92 Å². The summed E-state index contributed by atoms with van der Waals surface area (Å²) >= 11 is 0. The van der Waals surface area contributed by atoms with Crippen LogP contribution in [-0.4, -0.2) is 18.2 Å². The van der Waals surface area contributed by atoms with Crippen molar-refractivity contribution in [3.05, 3.63) is 52.8 Å². The number of rotatable bonds is 8. The fraction of sp³-hybridized carbons (Fsp3) is 0.500. The van der Waals surface area contributed by atoms with Gasteiger partial charge in [0.05, 0.1) is 7.11 Å². The van der Waals surface area contributed by atoms with E-state index >= 15 is 0 Å². The van der Waals surface area contributed by atoms with Gasteiger partial charge in [0.25, 0.3) is 0 Å². The topological polar surface area (TPSA) is 26.2 Å². The van der Waals surface area contributed by atoms with Crippen LogP contribution in [0.1, 0.15) is 36.4 Å². The SMILES string of the molecule is COc1ccc(CCNCc2cc(C)n(CC(C)C)c2C)cc1. The normalized spacial score (nSPS) is 11.2. The number of hydrogen-bond acceptors (Lipinski definition) is 2. The molecule has 3 heteroatoms. The number of aromatic nitrogens is 1. The van der Waals surface area contributed by atoms with E-state index in [2.05, 4.69) is 55.8 Å². The smallest absolute Gasteiger partial charge is 0.118 e. The van der Waals surface area contributed by atoms with Crippen molar-refractivity contribution >= 4 is 0 Å². The molecular weight excluding hydrogens is 284 g/mol. The first-order valence-corrected chi connectivity index (χ1v) is 8.50. The summed E-state index contributed by atoms with van der Waals surface area (Å²) in [6.07, 6.45) is 1.04. The molecule has 0 saturated carbocycles. The zero-order valence-electron chi connectivity index (χ0n) is 15.1. The molecule has 0 bridgehead atoms. The quantitative estimate of drug-likeness (QED) is 0.742. The second-order valence-corrected chi connectivity index (χ2v) is 6.68. The fourth-order valence-corrected chi connectivity index (χ4v) is 2.95. The zero-order chi connectivity index (χ0) is 16.8. The third-order valence-corrected chi connectivity index (χ3v) is 4.29. The lowest BCUT2D eigenvalue weighted by Crippen LogP contribution is -2.17. The largest absolute Gasteiger partial charge is 0.497 e. The number of aryl methyl sites for hydroxylation is 1. The van der Waals surface area contributed by atoms with Crippen molar-refractivity contribution in [2.75, 3.05) is 13.7 Å². The second kappa shape index (κ2) is 8.21. The molecule has 0 aliphatic carbocycles. The first-order valence-electron chi connectivity index (χ1n) is 8.50. The molecule has 126 valence electrons. The maximum atomic E-state index is 5.19. The van der Waals surface area contributed by atoms with Gasteiger partial charge >= 0.3 is 0 Å². The van der Waals surface area contributed by atoms with Gasteiger partial charge in [-0.25, -0.2) is 0 Å². The van der Waals surface area contributed by atoms with E-state index in [0.717, 1.165) is 31.8 Å². The first kappa shape index (κ1) is 17.6. The van der Waals surface area contributed by atoms with Crippen LogP contribution in [0, 0.1) is 19.8 Å². The summed E-state index contributed by atoms with van der Waals surface area (Å²) in [5.41, 5.74) is 5.51. The lowest BCUT2D eigenvalue weighted by atomic mass is 10.1. The molecule has 2 aromatic rings. The van der Waals surface area contributed by atoms with E-state index in [9.17, 15) is 0 Å². The van der Waals surface area contributed by atoms with Crippen LogP contribution >= 0.6 is 0 Å². The van der Waals surface area contributed by atoms with Gasteiger partial charge in [0.1, 0.15) is 5.75 Å². The van der Waals surface area contributed by atoms with E-state index in [0.29, 0.717) is 5.92 Å². The van der Waals surface area contributed by atoms with E-state index in [4.69, 9.17) is 4.74 Å². The maximum Gasteiger partial charge on any atom is 0.118 e. The van der Waals surface area contributed by atoms with Crippen LogP contribution in [0.4, 0.5) is 0 Å². The lowest BCUT2D eigenvalue weighted by molar-refractivity contribution is 0.414. The van der Waals surface area contributed by atoms with E-state index in [1.54, 1.807) is 7.11 Å². The number of benzene rings is 1. The van der Waals surface area contributed by atoms with Gasteiger partial charge < -0.3 is 14.6 Å². The number of ether oxygens (including phenoxy) is 1. The highest BCUT2D eigenvalue weighted by molar-refractivity contribution is 5.28. The lowest BCUT2D eigenvalue weighted by Gasteiger charge is -2.12. The Morgan fingerprint density at radius 3 is 2.43 bits per heavy atom. The molecule has 0 atom stereocenters. The maximum absolute atomic E-state index is 5.19. The van der Waals surface area contributed by atoms with E-state index in [-0.39, 0.29) is 0 Å². The van der Waals surface area contributed by atoms with Crippen LogP contribution in [0.3, 0.4) is 0 Å². The standard InChI is InChI=1S/C20H30N2O/c1-15(2)14-22-16(3)12-19(17(22)4)13-21-11-10-18-6-8-20(23-5)9-7-18/h6-9,12,15,21H,10-11,13-14H2,1-5H3. The molecule has 2 rings (SSSR count). The molecule has 1 aromatic carbocycles. The monoisotopic (exact) mass is 314 g/mol. The Bertz CT molecular complexity index is 611. The summed E-state index contributed by atoms with van der Waals surface area (Å²) in [6.45, 7) is 12.0. The molecule has 0 unspecified atom stereocenters. The molecule has 0 radical (unpaired) electrons.